The van der Waals surface area contributed by atoms with Crippen LogP contribution in [0.3, 0.4) is 0 Å². The predicted octanol–water partition coefficient (Wildman–Crippen LogP) is 5.30. The van der Waals surface area contributed by atoms with Gasteiger partial charge in [0.15, 0.2) is 0 Å². The van der Waals surface area contributed by atoms with Gasteiger partial charge in [-0.05, 0) is 60.4 Å². The average molecular weight is 460 g/mol. The molecule has 0 fully saturated rings. The van der Waals surface area contributed by atoms with E-state index in [4.69, 9.17) is 9.72 Å². The van der Waals surface area contributed by atoms with E-state index in [-0.39, 0.29) is 11.7 Å². The zero-order chi connectivity index (χ0) is 23.8. The minimum Gasteiger partial charge on any atom is -0.497 e. The number of aromatic nitrogens is 2. The summed E-state index contributed by atoms with van der Waals surface area (Å²) < 4.78 is 20.7. The Bertz CT molecular complexity index is 1220. The lowest BCUT2D eigenvalue weighted by Gasteiger charge is -2.10. The number of hydrogen-bond donors (Lipinski definition) is 1. The van der Waals surface area contributed by atoms with Crippen molar-refractivity contribution in [2.45, 2.75) is 38.6 Å². The van der Waals surface area contributed by atoms with Crippen molar-refractivity contribution in [3.8, 4) is 5.75 Å². The normalized spacial score (nSPS) is 11.0. The fourth-order valence-electron chi connectivity index (χ4n) is 4.07. The van der Waals surface area contributed by atoms with E-state index in [1.165, 1.54) is 12.1 Å². The second kappa shape index (κ2) is 11.5. The quantitative estimate of drug-likeness (QED) is 0.310. The van der Waals surface area contributed by atoms with E-state index in [1.807, 2.05) is 54.6 Å². The molecule has 1 N–H and O–H groups in total. The maximum Gasteiger partial charge on any atom is 0.224 e. The molecule has 0 saturated carbocycles. The lowest BCUT2D eigenvalue weighted by Crippen LogP contribution is -2.26. The Kier molecular flexibility index (Phi) is 7.91. The first-order valence-corrected chi connectivity index (χ1v) is 11.7. The molecule has 6 heteroatoms. The number of aryl methyl sites for hydroxylation is 1. The molecule has 0 unspecified atom stereocenters. The van der Waals surface area contributed by atoms with Crippen LogP contribution in [0.5, 0.6) is 5.75 Å². The number of para-hydroxylation sites is 2. The molecule has 3 aromatic carbocycles. The van der Waals surface area contributed by atoms with E-state index in [0.717, 1.165) is 59.4 Å². The molecule has 0 bridgehead atoms. The van der Waals surface area contributed by atoms with Gasteiger partial charge in [0.1, 0.15) is 17.4 Å². The van der Waals surface area contributed by atoms with Crippen LogP contribution >= 0.6 is 0 Å². The standard InChI is InChI=1S/C28H30FN3O2/c1-34-24-16-12-21(13-17-24)19-28(33)30-18-6-2-3-9-27-31-25-7-4-5-8-26(25)32(27)20-22-10-14-23(29)15-11-22/h4-5,7-8,10-17H,2-3,6,9,18-20H2,1H3,(H,30,33). The average Bonchev–Trinajstić information content (AvgIpc) is 3.20. The highest BCUT2D eigenvalue weighted by molar-refractivity contribution is 5.78. The van der Waals surface area contributed by atoms with Gasteiger partial charge in [0.2, 0.25) is 5.91 Å². The van der Waals surface area contributed by atoms with Crippen LogP contribution in [0.25, 0.3) is 11.0 Å². The summed E-state index contributed by atoms with van der Waals surface area (Å²) in [6.45, 7) is 1.33. The van der Waals surface area contributed by atoms with E-state index in [2.05, 4.69) is 16.0 Å². The smallest absolute Gasteiger partial charge is 0.224 e. The van der Waals surface area contributed by atoms with Gasteiger partial charge >= 0.3 is 0 Å². The lowest BCUT2D eigenvalue weighted by atomic mass is 10.1. The fraction of sp³-hybridized carbons (Fsp3) is 0.286. The summed E-state index contributed by atoms with van der Waals surface area (Å²) in [5.74, 6) is 1.63. The summed E-state index contributed by atoms with van der Waals surface area (Å²) in [4.78, 5) is 17.0. The summed E-state index contributed by atoms with van der Waals surface area (Å²) in [6.07, 6.45) is 4.14. The number of hydrogen-bond acceptors (Lipinski definition) is 3. The highest BCUT2D eigenvalue weighted by Crippen LogP contribution is 2.20. The number of amides is 1. The molecule has 4 aromatic rings. The molecule has 1 heterocycles. The number of nitrogens with zero attached hydrogens (tertiary/aromatic N) is 2. The molecule has 0 aliphatic carbocycles. The van der Waals surface area contributed by atoms with Gasteiger partial charge in [-0.25, -0.2) is 9.37 Å². The van der Waals surface area contributed by atoms with Crippen LogP contribution in [0.4, 0.5) is 4.39 Å². The Morgan fingerprint density at radius 3 is 2.44 bits per heavy atom. The Labute approximate surface area is 199 Å². The summed E-state index contributed by atoms with van der Waals surface area (Å²) in [5.41, 5.74) is 4.08. The van der Waals surface area contributed by atoms with E-state index in [0.29, 0.717) is 19.5 Å². The highest BCUT2D eigenvalue weighted by atomic mass is 19.1. The SMILES string of the molecule is COc1ccc(CC(=O)NCCCCCc2nc3ccccc3n2Cc2ccc(F)cc2)cc1. The van der Waals surface area contributed by atoms with Crippen LogP contribution in [0.2, 0.25) is 0 Å². The number of nitrogens with one attached hydrogen (secondary N) is 1. The van der Waals surface area contributed by atoms with Gasteiger partial charge in [-0.15, -0.1) is 0 Å². The third kappa shape index (κ3) is 6.22. The van der Waals surface area contributed by atoms with E-state index in [1.54, 1.807) is 7.11 Å². The molecule has 4 rings (SSSR count). The number of carbonyl (C=O) groups excluding carboxylic acids is 1. The van der Waals surface area contributed by atoms with Crippen molar-refractivity contribution in [3.63, 3.8) is 0 Å². The van der Waals surface area contributed by atoms with Gasteiger partial charge in [0.25, 0.3) is 0 Å². The van der Waals surface area contributed by atoms with Crippen molar-refractivity contribution in [1.29, 1.82) is 0 Å². The van der Waals surface area contributed by atoms with Gasteiger partial charge in [0, 0.05) is 19.5 Å². The first-order valence-electron chi connectivity index (χ1n) is 11.7. The van der Waals surface area contributed by atoms with Gasteiger partial charge in [-0.3, -0.25) is 4.79 Å². The minimum atomic E-state index is -0.226. The molecule has 1 aromatic heterocycles. The summed E-state index contributed by atoms with van der Waals surface area (Å²) in [7, 11) is 1.63. The zero-order valence-corrected chi connectivity index (χ0v) is 19.5. The van der Waals surface area contributed by atoms with Crippen LogP contribution in [-0.4, -0.2) is 29.1 Å². The first kappa shape index (κ1) is 23.5. The van der Waals surface area contributed by atoms with Crippen molar-refractivity contribution in [2.24, 2.45) is 0 Å². The third-order valence-electron chi connectivity index (χ3n) is 5.91. The Hall–Kier alpha value is -3.67. The number of ether oxygens (including phenoxy) is 1. The molecule has 0 radical (unpaired) electrons. The molecule has 0 spiro atoms. The number of fused-ring (bicyclic) bond motifs is 1. The molecule has 0 atom stereocenters. The summed E-state index contributed by atoms with van der Waals surface area (Å²) in [5, 5.41) is 3.01. The van der Waals surface area contributed by atoms with Gasteiger partial charge in [-0.2, -0.15) is 0 Å². The molecular weight excluding hydrogens is 429 g/mol. The van der Waals surface area contributed by atoms with E-state index >= 15 is 0 Å². The molecule has 1 amide bonds. The minimum absolute atomic E-state index is 0.0336. The monoisotopic (exact) mass is 459 g/mol. The maximum absolute atomic E-state index is 13.3. The summed E-state index contributed by atoms with van der Waals surface area (Å²) in [6, 6.07) is 22.3. The predicted molar refractivity (Wildman–Crippen MR) is 132 cm³/mol. The highest BCUT2D eigenvalue weighted by Gasteiger charge is 2.11. The molecule has 0 saturated heterocycles. The number of halogens is 1. The van der Waals surface area contributed by atoms with Crippen molar-refractivity contribution in [2.75, 3.05) is 13.7 Å². The molecule has 176 valence electrons. The van der Waals surface area contributed by atoms with Crippen LogP contribution in [0.1, 0.15) is 36.2 Å². The van der Waals surface area contributed by atoms with Crippen molar-refractivity contribution in [3.05, 3.63) is 95.6 Å². The van der Waals surface area contributed by atoms with Crippen LogP contribution in [-0.2, 0) is 24.2 Å². The van der Waals surface area contributed by atoms with Gasteiger partial charge < -0.3 is 14.6 Å². The van der Waals surface area contributed by atoms with E-state index in [9.17, 15) is 9.18 Å². The Balaban J connectivity index is 1.25. The molecule has 0 aliphatic heterocycles. The van der Waals surface area contributed by atoms with Crippen LogP contribution in [0.15, 0.2) is 72.8 Å². The lowest BCUT2D eigenvalue weighted by molar-refractivity contribution is -0.120. The first-order chi connectivity index (χ1) is 16.6. The van der Waals surface area contributed by atoms with Crippen LogP contribution in [0, 0.1) is 5.82 Å². The number of imidazole rings is 1. The number of rotatable bonds is 11. The topological polar surface area (TPSA) is 56.1 Å². The number of unbranched alkanes of at least 4 members (excludes halogenated alkanes) is 2. The van der Waals surface area contributed by atoms with Crippen LogP contribution < -0.4 is 10.1 Å². The molecule has 5 nitrogen and oxygen atoms in total. The van der Waals surface area contributed by atoms with Gasteiger partial charge in [0.05, 0.1) is 24.6 Å². The Morgan fingerprint density at radius 2 is 1.68 bits per heavy atom. The van der Waals surface area contributed by atoms with Gasteiger partial charge in [-0.1, -0.05) is 42.8 Å². The number of methoxy groups -OCH3 is 1. The largest absolute Gasteiger partial charge is 0.497 e. The zero-order valence-electron chi connectivity index (χ0n) is 19.5. The van der Waals surface area contributed by atoms with Crippen molar-refractivity contribution >= 4 is 16.9 Å². The van der Waals surface area contributed by atoms with E-state index < -0.39 is 0 Å². The Morgan fingerprint density at radius 1 is 0.941 bits per heavy atom. The molecule has 34 heavy (non-hydrogen) atoms. The molecule has 0 aliphatic rings. The number of benzene rings is 3. The maximum atomic E-state index is 13.3. The summed E-state index contributed by atoms with van der Waals surface area (Å²) >= 11 is 0. The fourth-order valence-corrected chi connectivity index (χ4v) is 4.07. The number of carbonyl (C=O) groups is 1. The molecular formula is C28H30FN3O2. The second-order valence-corrected chi connectivity index (χ2v) is 8.41. The van der Waals surface area contributed by atoms with Crippen molar-refractivity contribution < 1.29 is 13.9 Å². The second-order valence-electron chi connectivity index (χ2n) is 8.41. The van der Waals surface area contributed by atoms with Crippen molar-refractivity contribution in [1.82, 2.24) is 14.9 Å². The third-order valence-corrected chi connectivity index (χ3v) is 5.91.